The molecule has 10 heteroatoms. The van der Waals surface area contributed by atoms with Crippen LogP contribution >= 0.6 is 0 Å². The number of rotatable bonds is 8. The van der Waals surface area contributed by atoms with E-state index in [1.54, 1.807) is 4.90 Å². The minimum Gasteiger partial charge on any atom is -0.480 e. The molecule has 0 atom stereocenters. The van der Waals surface area contributed by atoms with E-state index in [9.17, 15) is 22.4 Å². The Bertz CT molecular complexity index is 792. The summed E-state index contributed by atoms with van der Waals surface area (Å²) in [6, 6.07) is 2.37. The standard InChI is InChI=1S/C16H21FN2O6S/c1-3-19(9-15(20)21)12-7-11(8-12)18-26(23,24)14-5-4-10(17)6-13(14)16(22)25-2/h4-6,11-12,18H,3,7-9H2,1-2H3,(H,20,21). The van der Waals surface area contributed by atoms with Crippen molar-refractivity contribution in [2.45, 2.75) is 36.7 Å². The number of hydrogen-bond donors (Lipinski definition) is 2. The number of benzene rings is 1. The number of likely N-dealkylation sites (N-methyl/N-ethyl adjacent to an activating group) is 1. The maximum Gasteiger partial charge on any atom is 0.339 e. The van der Waals surface area contributed by atoms with E-state index >= 15 is 0 Å². The Kier molecular flexibility index (Phi) is 6.32. The van der Waals surface area contributed by atoms with Crippen molar-refractivity contribution in [3.8, 4) is 0 Å². The fourth-order valence-electron chi connectivity index (χ4n) is 2.94. The molecule has 1 fully saturated rings. The summed E-state index contributed by atoms with van der Waals surface area (Å²) < 4.78 is 45.5. The van der Waals surface area contributed by atoms with Crippen molar-refractivity contribution in [3.63, 3.8) is 0 Å². The van der Waals surface area contributed by atoms with Crippen LogP contribution < -0.4 is 4.72 Å². The Balaban J connectivity index is 2.10. The summed E-state index contributed by atoms with van der Waals surface area (Å²) in [5, 5.41) is 8.89. The van der Waals surface area contributed by atoms with Gasteiger partial charge in [0, 0.05) is 12.1 Å². The second kappa shape index (κ2) is 8.11. The molecule has 1 saturated carbocycles. The molecule has 2 rings (SSSR count). The molecule has 0 bridgehead atoms. The second-order valence-corrected chi connectivity index (χ2v) is 7.71. The number of esters is 1. The highest BCUT2D eigenvalue weighted by Crippen LogP contribution is 2.28. The van der Waals surface area contributed by atoms with E-state index in [0.29, 0.717) is 19.4 Å². The van der Waals surface area contributed by atoms with Crippen molar-refractivity contribution in [1.82, 2.24) is 9.62 Å². The fourth-order valence-corrected chi connectivity index (χ4v) is 4.38. The Hall–Kier alpha value is -2.04. The predicted molar refractivity (Wildman–Crippen MR) is 89.8 cm³/mol. The zero-order valence-corrected chi connectivity index (χ0v) is 15.3. The summed E-state index contributed by atoms with van der Waals surface area (Å²) in [5.41, 5.74) is -0.378. The highest BCUT2D eigenvalue weighted by molar-refractivity contribution is 7.89. The third-order valence-electron chi connectivity index (χ3n) is 4.33. The number of carboxylic acids is 1. The molecule has 8 nitrogen and oxygen atoms in total. The van der Waals surface area contributed by atoms with Crippen LogP contribution in [0, 0.1) is 5.82 Å². The van der Waals surface area contributed by atoms with Crippen molar-refractivity contribution in [2.75, 3.05) is 20.2 Å². The molecular formula is C16H21FN2O6S. The minimum absolute atomic E-state index is 0.0305. The number of carbonyl (C=O) groups is 2. The molecular weight excluding hydrogens is 367 g/mol. The van der Waals surface area contributed by atoms with Crippen LogP contribution in [0.1, 0.15) is 30.1 Å². The summed E-state index contributed by atoms with van der Waals surface area (Å²) in [7, 11) is -2.98. The average Bonchev–Trinajstić information content (AvgIpc) is 2.54. The summed E-state index contributed by atoms with van der Waals surface area (Å²) in [5.74, 6) is -2.64. The fraction of sp³-hybridized carbons (Fsp3) is 0.500. The van der Waals surface area contributed by atoms with Crippen molar-refractivity contribution >= 4 is 22.0 Å². The Morgan fingerprint density at radius 2 is 2.04 bits per heavy atom. The van der Waals surface area contributed by atoms with Gasteiger partial charge in [0.2, 0.25) is 10.0 Å². The van der Waals surface area contributed by atoms with Crippen LogP contribution in [0.3, 0.4) is 0 Å². The molecule has 144 valence electrons. The molecule has 2 N–H and O–H groups in total. The number of methoxy groups -OCH3 is 1. The van der Waals surface area contributed by atoms with Crippen molar-refractivity contribution in [1.29, 1.82) is 0 Å². The molecule has 1 aliphatic rings. The number of nitrogens with zero attached hydrogens (tertiary/aromatic N) is 1. The molecule has 0 saturated heterocycles. The lowest BCUT2D eigenvalue weighted by molar-refractivity contribution is -0.139. The van der Waals surface area contributed by atoms with Gasteiger partial charge in [-0.1, -0.05) is 6.92 Å². The van der Waals surface area contributed by atoms with Crippen molar-refractivity contribution in [2.24, 2.45) is 0 Å². The van der Waals surface area contributed by atoms with Crippen LogP contribution in [0.15, 0.2) is 23.1 Å². The largest absolute Gasteiger partial charge is 0.480 e. The van der Waals surface area contributed by atoms with Crippen LogP contribution in [0.25, 0.3) is 0 Å². The number of hydrogen-bond acceptors (Lipinski definition) is 6. The first kappa shape index (κ1) is 20.3. The lowest BCUT2D eigenvalue weighted by Crippen LogP contribution is -2.54. The summed E-state index contributed by atoms with van der Waals surface area (Å²) in [6.07, 6.45) is 0.907. The topological polar surface area (TPSA) is 113 Å². The lowest BCUT2D eigenvalue weighted by Gasteiger charge is -2.42. The Morgan fingerprint density at radius 3 is 2.58 bits per heavy atom. The van der Waals surface area contributed by atoms with E-state index in [0.717, 1.165) is 25.3 Å². The quantitative estimate of drug-likeness (QED) is 0.634. The molecule has 1 aliphatic carbocycles. The molecule has 0 heterocycles. The Morgan fingerprint density at radius 1 is 1.38 bits per heavy atom. The van der Waals surface area contributed by atoms with Crippen LogP contribution in [-0.2, 0) is 19.6 Å². The first-order valence-corrected chi connectivity index (χ1v) is 9.52. The Labute approximate surface area is 151 Å². The summed E-state index contributed by atoms with van der Waals surface area (Å²) >= 11 is 0. The maximum atomic E-state index is 13.4. The van der Waals surface area contributed by atoms with Gasteiger partial charge in [0.25, 0.3) is 0 Å². The van der Waals surface area contributed by atoms with Crippen LogP contribution in [0.5, 0.6) is 0 Å². The first-order chi connectivity index (χ1) is 12.2. The zero-order valence-electron chi connectivity index (χ0n) is 14.4. The van der Waals surface area contributed by atoms with E-state index in [1.807, 2.05) is 6.92 Å². The van der Waals surface area contributed by atoms with Gasteiger partial charge in [0.05, 0.1) is 24.1 Å². The van der Waals surface area contributed by atoms with Crippen LogP contribution in [0.4, 0.5) is 4.39 Å². The number of nitrogens with one attached hydrogen (secondary N) is 1. The molecule has 0 aliphatic heterocycles. The molecule has 0 aromatic heterocycles. The van der Waals surface area contributed by atoms with Gasteiger partial charge in [-0.05, 0) is 37.6 Å². The molecule has 1 aromatic rings. The monoisotopic (exact) mass is 388 g/mol. The third-order valence-corrected chi connectivity index (χ3v) is 5.91. The summed E-state index contributed by atoms with van der Waals surface area (Å²) in [6.45, 7) is 2.27. The number of sulfonamides is 1. The molecule has 0 radical (unpaired) electrons. The number of carboxylic acid groups (broad SMARTS) is 1. The second-order valence-electron chi connectivity index (χ2n) is 6.03. The van der Waals surface area contributed by atoms with Gasteiger partial charge in [-0.3, -0.25) is 9.69 Å². The van der Waals surface area contributed by atoms with Gasteiger partial charge < -0.3 is 9.84 Å². The van der Waals surface area contributed by atoms with E-state index in [2.05, 4.69) is 9.46 Å². The maximum absolute atomic E-state index is 13.4. The number of halogens is 1. The molecule has 1 aromatic carbocycles. The highest BCUT2D eigenvalue weighted by Gasteiger charge is 2.37. The van der Waals surface area contributed by atoms with Gasteiger partial charge in [-0.15, -0.1) is 0 Å². The van der Waals surface area contributed by atoms with E-state index in [1.165, 1.54) is 0 Å². The smallest absolute Gasteiger partial charge is 0.339 e. The highest BCUT2D eigenvalue weighted by atomic mass is 32.2. The molecule has 0 unspecified atom stereocenters. The minimum atomic E-state index is -4.05. The third kappa shape index (κ3) is 4.57. The molecule has 0 amide bonds. The van der Waals surface area contributed by atoms with E-state index < -0.39 is 27.8 Å². The van der Waals surface area contributed by atoms with Gasteiger partial charge in [0.15, 0.2) is 0 Å². The van der Waals surface area contributed by atoms with Gasteiger partial charge >= 0.3 is 11.9 Å². The van der Waals surface area contributed by atoms with Gasteiger partial charge in [0.1, 0.15) is 5.82 Å². The van der Waals surface area contributed by atoms with Gasteiger partial charge in [-0.25, -0.2) is 22.3 Å². The van der Waals surface area contributed by atoms with Crippen LogP contribution in [-0.4, -0.2) is 62.6 Å². The van der Waals surface area contributed by atoms with Gasteiger partial charge in [-0.2, -0.15) is 0 Å². The van der Waals surface area contributed by atoms with Crippen molar-refractivity contribution < 1.29 is 32.2 Å². The summed E-state index contributed by atoms with van der Waals surface area (Å²) in [4.78, 5) is 24.0. The first-order valence-electron chi connectivity index (χ1n) is 8.04. The average molecular weight is 388 g/mol. The van der Waals surface area contributed by atoms with Crippen molar-refractivity contribution in [3.05, 3.63) is 29.6 Å². The lowest BCUT2D eigenvalue weighted by atomic mass is 9.86. The molecule has 26 heavy (non-hydrogen) atoms. The normalized spacial score (nSPS) is 19.8. The number of carbonyl (C=O) groups excluding carboxylic acids is 1. The predicted octanol–water partition coefficient (Wildman–Crippen LogP) is 0.828. The van der Waals surface area contributed by atoms with E-state index in [-0.39, 0.29) is 29.1 Å². The molecule has 0 spiro atoms. The SMILES string of the molecule is CCN(CC(=O)O)C1CC(NS(=O)(=O)c2ccc(F)cc2C(=O)OC)C1. The van der Waals surface area contributed by atoms with E-state index in [4.69, 9.17) is 5.11 Å². The number of ether oxygens (including phenoxy) is 1. The zero-order chi connectivity index (χ0) is 19.5. The van der Waals surface area contributed by atoms with Crippen LogP contribution in [0.2, 0.25) is 0 Å². The number of aliphatic carboxylic acids is 1.